The molecule has 0 saturated carbocycles. The standard InChI is InChI=1S/C10H19NO3/c1-5-11(4)10(13)8(3)7-9(12)14-6-2/h8H,5-7H2,1-4H3/t8-/m0/s1. The second-order valence-corrected chi connectivity index (χ2v) is 3.26. The zero-order chi connectivity index (χ0) is 11.1. The summed E-state index contributed by atoms with van der Waals surface area (Å²) in [5.41, 5.74) is 0. The van der Waals surface area contributed by atoms with Crippen molar-refractivity contribution in [3.05, 3.63) is 0 Å². The van der Waals surface area contributed by atoms with E-state index in [-0.39, 0.29) is 24.2 Å². The van der Waals surface area contributed by atoms with Crippen molar-refractivity contribution in [3.63, 3.8) is 0 Å². The Morgan fingerprint density at radius 1 is 1.36 bits per heavy atom. The van der Waals surface area contributed by atoms with Crippen LogP contribution in [0.1, 0.15) is 27.2 Å². The van der Waals surface area contributed by atoms with Gasteiger partial charge in [-0.05, 0) is 13.8 Å². The van der Waals surface area contributed by atoms with Crippen LogP contribution in [0.25, 0.3) is 0 Å². The maximum absolute atomic E-state index is 11.5. The Hall–Kier alpha value is -1.06. The van der Waals surface area contributed by atoms with Gasteiger partial charge in [0.15, 0.2) is 0 Å². The van der Waals surface area contributed by atoms with Gasteiger partial charge in [-0.1, -0.05) is 6.92 Å². The molecular weight excluding hydrogens is 182 g/mol. The van der Waals surface area contributed by atoms with Crippen LogP contribution in [0.5, 0.6) is 0 Å². The Kier molecular flexibility index (Phi) is 5.92. The summed E-state index contributed by atoms with van der Waals surface area (Å²) in [4.78, 5) is 24.2. The molecule has 0 saturated heterocycles. The molecule has 0 fully saturated rings. The Balaban J connectivity index is 4.01. The van der Waals surface area contributed by atoms with Gasteiger partial charge in [0, 0.05) is 19.5 Å². The fraction of sp³-hybridized carbons (Fsp3) is 0.800. The molecule has 0 bridgehead atoms. The lowest BCUT2D eigenvalue weighted by Crippen LogP contribution is -2.32. The number of ether oxygens (including phenoxy) is 1. The summed E-state index contributed by atoms with van der Waals surface area (Å²) in [5, 5.41) is 0. The Morgan fingerprint density at radius 2 is 1.93 bits per heavy atom. The van der Waals surface area contributed by atoms with Gasteiger partial charge in [0.1, 0.15) is 0 Å². The van der Waals surface area contributed by atoms with Crippen molar-refractivity contribution in [2.24, 2.45) is 5.92 Å². The third-order valence-corrected chi connectivity index (χ3v) is 2.05. The minimum absolute atomic E-state index is 0.0134. The van der Waals surface area contributed by atoms with Crippen LogP contribution in [0.4, 0.5) is 0 Å². The number of rotatable bonds is 5. The summed E-state index contributed by atoms with van der Waals surface area (Å²) in [6, 6.07) is 0. The van der Waals surface area contributed by atoms with Crippen molar-refractivity contribution in [2.45, 2.75) is 27.2 Å². The molecule has 0 rings (SSSR count). The summed E-state index contributed by atoms with van der Waals surface area (Å²) >= 11 is 0. The quantitative estimate of drug-likeness (QED) is 0.625. The molecule has 0 radical (unpaired) electrons. The van der Waals surface area contributed by atoms with Crippen molar-refractivity contribution in [2.75, 3.05) is 20.2 Å². The van der Waals surface area contributed by atoms with Crippen LogP contribution in [0.15, 0.2) is 0 Å². The van der Waals surface area contributed by atoms with E-state index in [1.165, 1.54) is 0 Å². The molecule has 14 heavy (non-hydrogen) atoms. The molecule has 0 aromatic heterocycles. The SMILES string of the molecule is CCOC(=O)C[C@H](C)C(=O)N(C)CC. The van der Waals surface area contributed by atoms with Crippen LogP contribution in [0.3, 0.4) is 0 Å². The summed E-state index contributed by atoms with van der Waals surface area (Å²) in [6.45, 7) is 6.41. The van der Waals surface area contributed by atoms with Gasteiger partial charge in [-0.2, -0.15) is 0 Å². The first-order valence-electron chi connectivity index (χ1n) is 4.93. The maximum Gasteiger partial charge on any atom is 0.306 e. The van der Waals surface area contributed by atoms with Crippen LogP contribution in [-0.2, 0) is 14.3 Å². The highest BCUT2D eigenvalue weighted by atomic mass is 16.5. The number of carbonyl (C=O) groups is 2. The minimum atomic E-state index is -0.308. The molecule has 1 atom stereocenters. The van der Waals surface area contributed by atoms with Crippen LogP contribution >= 0.6 is 0 Å². The number of carbonyl (C=O) groups excluding carboxylic acids is 2. The van der Waals surface area contributed by atoms with Gasteiger partial charge in [0.2, 0.25) is 5.91 Å². The average molecular weight is 201 g/mol. The van der Waals surface area contributed by atoms with Crippen molar-refractivity contribution in [1.82, 2.24) is 4.90 Å². The van der Waals surface area contributed by atoms with E-state index in [9.17, 15) is 9.59 Å². The van der Waals surface area contributed by atoms with Crippen LogP contribution in [-0.4, -0.2) is 37.0 Å². The molecule has 0 aromatic carbocycles. The third-order valence-electron chi connectivity index (χ3n) is 2.05. The van der Waals surface area contributed by atoms with Gasteiger partial charge < -0.3 is 9.64 Å². The van der Waals surface area contributed by atoms with Gasteiger partial charge in [0.25, 0.3) is 0 Å². The molecule has 1 amide bonds. The fourth-order valence-corrected chi connectivity index (χ4v) is 1.09. The van der Waals surface area contributed by atoms with Crippen LogP contribution in [0, 0.1) is 5.92 Å². The van der Waals surface area contributed by atoms with Gasteiger partial charge in [-0.3, -0.25) is 9.59 Å². The van der Waals surface area contributed by atoms with E-state index in [0.29, 0.717) is 13.2 Å². The Labute approximate surface area is 85.2 Å². The molecular formula is C10H19NO3. The van der Waals surface area contributed by atoms with E-state index >= 15 is 0 Å². The first-order chi connectivity index (χ1) is 6.52. The van der Waals surface area contributed by atoms with Crippen molar-refractivity contribution in [1.29, 1.82) is 0 Å². The fourth-order valence-electron chi connectivity index (χ4n) is 1.09. The lowest BCUT2D eigenvalue weighted by atomic mass is 10.1. The first kappa shape index (κ1) is 12.9. The van der Waals surface area contributed by atoms with E-state index in [4.69, 9.17) is 4.74 Å². The predicted molar refractivity (Wildman–Crippen MR) is 53.7 cm³/mol. The smallest absolute Gasteiger partial charge is 0.306 e. The zero-order valence-corrected chi connectivity index (χ0v) is 9.37. The number of amides is 1. The lowest BCUT2D eigenvalue weighted by Gasteiger charge is -2.18. The number of esters is 1. The maximum atomic E-state index is 11.5. The third kappa shape index (κ3) is 4.25. The van der Waals surface area contributed by atoms with Gasteiger partial charge in [-0.25, -0.2) is 0 Å². The van der Waals surface area contributed by atoms with Crippen LogP contribution in [0.2, 0.25) is 0 Å². The number of hydrogen-bond donors (Lipinski definition) is 0. The molecule has 0 aliphatic rings. The van der Waals surface area contributed by atoms with Gasteiger partial charge >= 0.3 is 5.97 Å². The van der Waals surface area contributed by atoms with Crippen molar-refractivity contribution >= 4 is 11.9 Å². The van der Waals surface area contributed by atoms with Gasteiger partial charge in [0.05, 0.1) is 13.0 Å². The van der Waals surface area contributed by atoms with E-state index in [1.54, 1.807) is 25.8 Å². The van der Waals surface area contributed by atoms with Crippen molar-refractivity contribution in [3.8, 4) is 0 Å². The predicted octanol–water partition coefficient (Wildman–Crippen LogP) is 1.05. The summed E-state index contributed by atoms with van der Waals surface area (Å²) < 4.78 is 4.77. The highest BCUT2D eigenvalue weighted by Gasteiger charge is 2.19. The van der Waals surface area contributed by atoms with Crippen LogP contribution < -0.4 is 0 Å². The second-order valence-electron chi connectivity index (χ2n) is 3.26. The molecule has 4 heteroatoms. The largest absolute Gasteiger partial charge is 0.466 e. The summed E-state index contributed by atoms with van der Waals surface area (Å²) in [5.74, 6) is -0.614. The Morgan fingerprint density at radius 3 is 2.36 bits per heavy atom. The molecule has 0 aromatic rings. The molecule has 4 nitrogen and oxygen atoms in total. The Bertz CT molecular complexity index is 204. The average Bonchev–Trinajstić information content (AvgIpc) is 2.15. The normalized spacial score (nSPS) is 12.0. The van der Waals surface area contributed by atoms with E-state index in [0.717, 1.165) is 0 Å². The van der Waals surface area contributed by atoms with E-state index in [1.807, 2.05) is 6.92 Å². The lowest BCUT2D eigenvalue weighted by molar-refractivity contribution is -0.147. The van der Waals surface area contributed by atoms with E-state index in [2.05, 4.69) is 0 Å². The monoisotopic (exact) mass is 201 g/mol. The summed E-state index contributed by atoms with van der Waals surface area (Å²) in [7, 11) is 1.73. The number of hydrogen-bond acceptors (Lipinski definition) is 3. The molecule has 0 aliphatic carbocycles. The highest BCUT2D eigenvalue weighted by Crippen LogP contribution is 2.07. The molecule has 0 unspecified atom stereocenters. The molecule has 0 aliphatic heterocycles. The minimum Gasteiger partial charge on any atom is -0.466 e. The molecule has 0 heterocycles. The van der Waals surface area contributed by atoms with E-state index < -0.39 is 0 Å². The highest BCUT2D eigenvalue weighted by molar-refractivity contribution is 5.83. The zero-order valence-electron chi connectivity index (χ0n) is 9.37. The molecule has 0 N–H and O–H groups in total. The first-order valence-corrected chi connectivity index (χ1v) is 4.93. The topological polar surface area (TPSA) is 46.6 Å². The molecule has 82 valence electrons. The molecule has 0 spiro atoms. The van der Waals surface area contributed by atoms with Crippen molar-refractivity contribution < 1.29 is 14.3 Å². The number of nitrogens with zero attached hydrogens (tertiary/aromatic N) is 1. The second kappa shape index (κ2) is 6.40. The summed E-state index contributed by atoms with van der Waals surface area (Å²) in [6.07, 6.45) is 0.164. The van der Waals surface area contributed by atoms with Gasteiger partial charge in [-0.15, -0.1) is 0 Å².